The third-order valence-electron chi connectivity index (χ3n) is 3.77. The van der Waals surface area contributed by atoms with Gasteiger partial charge in [-0.3, -0.25) is 14.6 Å². The largest absolute Gasteiger partial charge is 0.481 e. The van der Waals surface area contributed by atoms with E-state index >= 15 is 0 Å². The van der Waals surface area contributed by atoms with Crippen LogP contribution in [0.2, 0.25) is 0 Å². The van der Waals surface area contributed by atoms with E-state index in [0.717, 1.165) is 24.3 Å². The second-order valence-corrected chi connectivity index (χ2v) is 5.90. The quantitative estimate of drug-likeness (QED) is 0.367. The Morgan fingerprint density at radius 3 is 2.20 bits per heavy atom. The maximum absolute atomic E-state index is 12.1. The fourth-order valence-corrected chi connectivity index (χ4v) is 2.32. The summed E-state index contributed by atoms with van der Waals surface area (Å²) < 4.78 is 0. The first-order chi connectivity index (χ1) is 9.31. The number of hydrogen-bond acceptors (Lipinski definition) is 3. The summed E-state index contributed by atoms with van der Waals surface area (Å²) in [6, 6.07) is -0.411. The molecule has 20 heavy (non-hydrogen) atoms. The molecule has 3 atom stereocenters. The van der Waals surface area contributed by atoms with E-state index in [9.17, 15) is 9.59 Å². The highest BCUT2D eigenvalue weighted by Crippen LogP contribution is 2.19. The van der Waals surface area contributed by atoms with Crippen LogP contribution in [0.4, 0.5) is 0 Å². The lowest BCUT2D eigenvalue weighted by molar-refractivity contribution is -0.141. The Kier molecular flexibility index (Phi) is 9.21. The number of rotatable bonds is 10. The molecule has 0 aromatic carbocycles. The molecule has 0 aliphatic carbocycles. The van der Waals surface area contributed by atoms with E-state index < -0.39 is 12.0 Å². The monoisotopic (exact) mass is 286 g/mol. The maximum atomic E-state index is 12.1. The molecule has 5 heteroatoms. The molecule has 0 aromatic rings. The first kappa shape index (κ1) is 18.9. The predicted octanol–water partition coefficient (Wildman–Crippen LogP) is 2.79. The van der Waals surface area contributed by atoms with Crippen LogP contribution in [-0.4, -0.2) is 28.0 Å². The summed E-state index contributed by atoms with van der Waals surface area (Å²) in [4.78, 5) is 23.0. The minimum Gasteiger partial charge on any atom is -0.481 e. The smallest absolute Gasteiger partial charge is 0.305 e. The lowest BCUT2D eigenvalue weighted by atomic mass is 9.94. The molecular weight excluding hydrogens is 256 g/mol. The van der Waals surface area contributed by atoms with Crippen molar-refractivity contribution in [3.05, 3.63) is 0 Å². The number of amides is 1. The van der Waals surface area contributed by atoms with Crippen LogP contribution in [0.3, 0.4) is 0 Å². The van der Waals surface area contributed by atoms with Gasteiger partial charge in [0, 0.05) is 6.42 Å². The van der Waals surface area contributed by atoms with Gasteiger partial charge in [0.2, 0.25) is 5.91 Å². The summed E-state index contributed by atoms with van der Waals surface area (Å²) in [5.74, 6) is 5.45. The zero-order valence-electron chi connectivity index (χ0n) is 13.3. The fourth-order valence-electron chi connectivity index (χ4n) is 2.32. The van der Waals surface area contributed by atoms with Gasteiger partial charge in [-0.2, -0.15) is 0 Å². The second kappa shape index (κ2) is 9.75. The molecule has 0 bridgehead atoms. The van der Waals surface area contributed by atoms with E-state index in [1.54, 1.807) is 0 Å². The molecule has 0 aliphatic rings. The van der Waals surface area contributed by atoms with Crippen LogP contribution in [0.15, 0.2) is 0 Å². The van der Waals surface area contributed by atoms with Gasteiger partial charge in [-0.25, -0.2) is 5.84 Å². The number of nitrogens with zero attached hydrogens (tertiary/aromatic N) is 1. The van der Waals surface area contributed by atoms with Crippen molar-refractivity contribution in [3.63, 3.8) is 0 Å². The zero-order valence-corrected chi connectivity index (χ0v) is 13.3. The Balaban J connectivity index is 4.65. The number of carboxylic acids is 1. The number of hydrazine groups is 1. The van der Waals surface area contributed by atoms with Crippen molar-refractivity contribution in [2.24, 2.45) is 17.7 Å². The highest BCUT2D eigenvalue weighted by atomic mass is 16.4. The van der Waals surface area contributed by atoms with Crippen LogP contribution >= 0.6 is 0 Å². The number of nitrogens with two attached hydrogens (primary N) is 1. The van der Waals surface area contributed by atoms with E-state index in [1.807, 2.05) is 13.8 Å². The van der Waals surface area contributed by atoms with Crippen molar-refractivity contribution < 1.29 is 14.7 Å². The first-order valence-electron chi connectivity index (χ1n) is 7.60. The molecule has 0 aliphatic heterocycles. The lowest BCUT2D eigenvalue weighted by Gasteiger charge is -2.29. The summed E-state index contributed by atoms with van der Waals surface area (Å²) >= 11 is 0. The van der Waals surface area contributed by atoms with Gasteiger partial charge < -0.3 is 5.11 Å². The van der Waals surface area contributed by atoms with Crippen molar-refractivity contribution in [1.82, 2.24) is 5.01 Å². The van der Waals surface area contributed by atoms with Crippen LogP contribution in [0, 0.1) is 11.8 Å². The van der Waals surface area contributed by atoms with Gasteiger partial charge in [0.15, 0.2) is 0 Å². The van der Waals surface area contributed by atoms with Gasteiger partial charge in [-0.05, 0) is 18.3 Å². The van der Waals surface area contributed by atoms with E-state index in [-0.39, 0.29) is 18.2 Å². The van der Waals surface area contributed by atoms with E-state index in [2.05, 4.69) is 13.8 Å². The van der Waals surface area contributed by atoms with Crippen LogP contribution < -0.4 is 5.84 Å². The SMILES string of the molecule is CCCC(C)CC(CC(=O)O)N(N)C(=O)CC(C)CC. The van der Waals surface area contributed by atoms with Crippen molar-refractivity contribution in [3.8, 4) is 0 Å². The van der Waals surface area contributed by atoms with Crippen molar-refractivity contribution >= 4 is 11.9 Å². The number of carboxylic acid groups (broad SMARTS) is 1. The Morgan fingerprint density at radius 1 is 1.15 bits per heavy atom. The number of carbonyl (C=O) groups excluding carboxylic acids is 1. The van der Waals surface area contributed by atoms with E-state index in [1.165, 1.54) is 0 Å². The highest BCUT2D eigenvalue weighted by molar-refractivity contribution is 5.77. The van der Waals surface area contributed by atoms with Crippen molar-refractivity contribution in [2.45, 2.75) is 72.3 Å². The summed E-state index contributed by atoms with van der Waals surface area (Å²) in [5.41, 5.74) is 0. The lowest BCUT2D eigenvalue weighted by Crippen LogP contribution is -2.47. The van der Waals surface area contributed by atoms with Crippen molar-refractivity contribution in [1.29, 1.82) is 0 Å². The van der Waals surface area contributed by atoms with Gasteiger partial charge in [0.1, 0.15) is 0 Å². The Bertz CT molecular complexity index is 307. The fraction of sp³-hybridized carbons (Fsp3) is 0.867. The normalized spacial score (nSPS) is 15.4. The van der Waals surface area contributed by atoms with Gasteiger partial charge >= 0.3 is 5.97 Å². The molecule has 0 heterocycles. The van der Waals surface area contributed by atoms with E-state index in [4.69, 9.17) is 10.9 Å². The average molecular weight is 286 g/mol. The molecular formula is C15H30N2O3. The molecule has 0 saturated heterocycles. The molecule has 0 aromatic heterocycles. The van der Waals surface area contributed by atoms with Crippen LogP contribution in [0.25, 0.3) is 0 Å². The maximum Gasteiger partial charge on any atom is 0.305 e. The van der Waals surface area contributed by atoms with Gasteiger partial charge in [-0.1, -0.05) is 47.0 Å². The number of hydrogen-bond donors (Lipinski definition) is 2. The number of carbonyl (C=O) groups is 2. The summed E-state index contributed by atoms with van der Waals surface area (Å²) in [5, 5.41) is 10.2. The molecule has 118 valence electrons. The highest BCUT2D eigenvalue weighted by Gasteiger charge is 2.25. The molecule has 0 radical (unpaired) electrons. The minimum absolute atomic E-state index is 0.0865. The molecule has 0 spiro atoms. The number of aliphatic carboxylic acids is 1. The molecule has 5 nitrogen and oxygen atoms in total. The minimum atomic E-state index is -0.912. The first-order valence-corrected chi connectivity index (χ1v) is 7.60. The second-order valence-electron chi connectivity index (χ2n) is 5.90. The molecule has 0 rings (SSSR count). The Hall–Kier alpha value is -1.10. The van der Waals surface area contributed by atoms with Crippen LogP contribution in [0.1, 0.15) is 66.2 Å². The molecule has 1 amide bonds. The standard InChI is InChI=1S/C15H30N2O3/c1-5-7-12(4)8-13(10-15(19)20)17(16)14(18)9-11(3)6-2/h11-13H,5-10,16H2,1-4H3,(H,19,20). The third kappa shape index (κ3) is 7.48. The third-order valence-corrected chi connectivity index (χ3v) is 3.77. The zero-order chi connectivity index (χ0) is 15.7. The summed E-state index contributed by atoms with van der Waals surface area (Å²) in [6.45, 7) is 8.19. The van der Waals surface area contributed by atoms with E-state index in [0.29, 0.717) is 18.8 Å². The average Bonchev–Trinajstić information content (AvgIpc) is 2.36. The van der Waals surface area contributed by atoms with Gasteiger partial charge in [0.05, 0.1) is 12.5 Å². The summed E-state index contributed by atoms with van der Waals surface area (Å²) in [6.07, 6.45) is 3.91. The molecule has 0 saturated carbocycles. The van der Waals surface area contributed by atoms with Crippen molar-refractivity contribution in [2.75, 3.05) is 0 Å². The Labute approximate surface area is 122 Å². The van der Waals surface area contributed by atoms with Crippen LogP contribution in [-0.2, 0) is 9.59 Å². The topological polar surface area (TPSA) is 83.6 Å². The molecule has 3 N–H and O–H groups in total. The predicted molar refractivity (Wildman–Crippen MR) is 79.8 cm³/mol. The van der Waals surface area contributed by atoms with Crippen LogP contribution in [0.5, 0.6) is 0 Å². The van der Waals surface area contributed by atoms with Gasteiger partial charge in [-0.15, -0.1) is 0 Å². The Morgan fingerprint density at radius 2 is 1.75 bits per heavy atom. The summed E-state index contributed by atoms with van der Waals surface area (Å²) in [7, 11) is 0. The van der Waals surface area contributed by atoms with Gasteiger partial charge in [0.25, 0.3) is 0 Å². The molecule has 3 unspecified atom stereocenters. The molecule has 0 fully saturated rings.